The van der Waals surface area contributed by atoms with Crippen LogP contribution in [0.2, 0.25) is 0 Å². The highest BCUT2D eigenvalue weighted by Gasteiger charge is 2.34. The molecule has 0 bridgehead atoms. The maximum absolute atomic E-state index is 13.6. The number of amides is 1. The molecular formula is C24H27BF2N6O2. The molecule has 0 aliphatic heterocycles. The van der Waals surface area contributed by atoms with E-state index < -0.39 is 17.8 Å². The summed E-state index contributed by atoms with van der Waals surface area (Å²) in [5.74, 6) is -4.33. The van der Waals surface area contributed by atoms with E-state index in [-0.39, 0.29) is 34.3 Å². The summed E-state index contributed by atoms with van der Waals surface area (Å²) in [5.41, 5.74) is 7.97. The Bertz CT molecular complexity index is 1250. The van der Waals surface area contributed by atoms with Crippen LogP contribution in [0.3, 0.4) is 0 Å². The Labute approximate surface area is 203 Å². The van der Waals surface area contributed by atoms with E-state index in [2.05, 4.69) is 36.3 Å². The zero-order chi connectivity index (χ0) is 26.1. The van der Waals surface area contributed by atoms with E-state index in [1.165, 1.54) is 0 Å². The molecule has 8 nitrogen and oxygen atoms in total. The third kappa shape index (κ3) is 5.88. The van der Waals surface area contributed by atoms with E-state index in [9.17, 15) is 18.8 Å². The predicted octanol–water partition coefficient (Wildman–Crippen LogP) is 4.65. The summed E-state index contributed by atoms with van der Waals surface area (Å²) >= 11 is 0. The number of anilines is 2. The molecule has 2 atom stereocenters. The molecular weight excluding hydrogens is 453 g/mol. The van der Waals surface area contributed by atoms with Crippen molar-refractivity contribution < 1.29 is 18.1 Å². The molecule has 3 N–H and O–H groups in total. The third-order valence-corrected chi connectivity index (χ3v) is 5.58. The minimum absolute atomic E-state index is 0.0301. The Balaban J connectivity index is 1.78. The summed E-state index contributed by atoms with van der Waals surface area (Å²) in [5, 5.41) is 20.3. The normalized spacial score (nSPS) is 13.8. The second-order valence-electron chi connectivity index (χ2n) is 9.77. The molecule has 3 aromatic rings. The first kappa shape index (κ1) is 25.9. The average molecular weight is 480 g/mol. The van der Waals surface area contributed by atoms with Crippen molar-refractivity contribution in [2.75, 3.05) is 11.1 Å². The van der Waals surface area contributed by atoms with Gasteiger partial charge in [0, 0.05) is 11.6 Å². The van der Waals surface area contributed by atoms with Crippen LogP contribution in [0.1, 0.15) is 63.4 Å². The number of nitrogens with zero attached hydrogens (tertiary/aromatic N) is 4. The highest BCUT2D eigenvalue weighted by molar-refractivity contribution is 6.13. The minimum atomic E-state index is -3.58. The molecule has 0 fully saturated rings. The molecule has 2 radical (unpaired) electrons. The van der Waals surface area contributed by atoms with Gasteiger partial charge in [0.15, 0.2) is 7.85 Å². The zero-order valence-corrected chi connectivity index (χ0v) is 20.3. The fraction of sp³-hybridized carbons (Fsp3) is 0.417. The molecule has 0 aliphatic rings. The lowest BCUT2D eigenvalue weighted by Crippen LogP contribution is -2.30. The van der Waals surface area contributed by atoms with Gasteiger partial charge in [-0.1, -0.05) is 50.2 Å². The van der Waals surface area contributed by atoms with Crippen molar-refractivity contribution >= 4 is 25.5 Å². The molecule has 2 unspecified atom stereocenters. The molecule has 2 aromatic heterocycles. The van der Waals surface area contributed by atoms with Gasteiger partial charge in [-0.05, 0) is 31.2 Å². The number of nitriles is 1. The van der Waals surface area contributed by atoms with Crippen molar-refractivity contribution in [1.29, 1.82) is 5.26 Å². The third-order valence-electron chi connectivity index (χ3n) is 5.58. The molecule has 0 saturated carbocycles. The van der Waals surface area contributed by atoms with E-state index in [0.29, 0.717) is 17.5 Å². The average Bonchev–Trinajstić information content (AvgIpc) is 3.33. The van der Waals surface area contributed by atoms with Gasteiger partial charge in [0.1, 0.15) is 29.2 Å². The van der Waals surface area contributed by atoms with Crippen LogP contribution in [-0.4, -0.2) is 34.5 Å². The van der Waals surface area contributed by atoms with Gasteiger partial charge >= 0.3 is 0 Å². The molecule has 182 valence electrons. The van der Waals surface area contributed by atoms with E-state index in [0.717, 1.165) is 17.3 Å². The van der Waals surface area contributed by atoms with Crippen molar-refractivity contribution in [2.24, 2.45) is 5.41 Å². The van der Waals surface area contributed by atoms with Gasteiger partial charge in [-0.25, -0.2) is 13.5 Å². The van der Waals surface area contributed by atoms with E-state index >= 15 is 0 Å². The highest BCUT2D eigenvalue weighted by atomic mass is 19.3. The number of aromatic nitrogens is 3. The zero-order valence-electron chi connectivity index (χ0n) is 20.3. The lowest BCUT2D eigenvalue weighted by molar-refractivity contribution is -0.117. The Morgan fingerprint density at radius 2 is 1.91 bits per heavy atom. The number of nitrogens with two attached hydrogens (primary N) is 1. The number of halogens is 2. The van der Waals surface area contributed by atoms with E-state index in [4.69, 9.17) is 18.1 Å². The standard InChI is InChI=1S/C24H27BF2N6O2/c1-13(22(34)30-19-10-17(32-35-19)11-23(3,4)5)15-6-8-16(9-7-15)20-18(12-28)21(29)33(31-20)14(2)24(25,26)27/h6-10,13-14H,11,29H2,1-5H3,(H,30,34). The summed E-state index contributed by atoms with van der Waals surface area (Å²) in [6, 6.07) is 8.75. The van der Waals surface area contributed by atoms with E-state index in [1.807, 2.05) is 6.07 Å². The molecule has 1 aromatic carbocycles. The van der Waals surface area contributed by atoms with Crippen molar-refractivity contribution in [2.45, 2.75) is 58.8 Å². The Hall–Kier alpha value is -3.68. The van der Waals surface area contributed by atoms with Gasteiger partial charge < -0.3 is 10.3 Å². The fourth-order valence-electron chi connectivity index (χ4n) is 3.53. The molecule has 11 heteroatoms. The van der Waals surface area contributed by atoms with Gasteiger partial charge in [0.05, 0.1) is 11.6 Å². The van der Waals surface area contributed by atoms with Crippen molar-refractivity contribution in [3.8, 4) is 17.3 Å². The fourth-order valence-corrected chi connectivity index (χ4v) is 3.53. The van der Waals surface area contributed by atoms with Gasteiger partial charge in [0.2, 0.25) is 17.6 Å². The minimum Gasteiger partial charge on any atom is -0.383 e. The molecule has 0 saturated heterocycles. The number of carbonyl (C=O) groups excluding carboxylic acids is 1. The lowest BCUT2D eigenvalue weighted by Gasteiger charge is -2.21. The first-order valence-electron chi connectivity index (χ1n) is 11.0. The topological polar surface area (TPSA) is 123 Å². The van der Waals surface area contributed by atoms with Gasteiger partial charge in [0.25, 0.3) is 0 Å². The molecule has 1 amide bonds. The molecule has 3 rings (SSSR count). The SMILES string of the molecule is [B]C(F)(F)C(C)n1nc(-c2ccc(C(C)C(=O)Nc3cc(CC(C)(C)C)no3)cc2)c(C#N)c1N. The maximum Gasteiger partial charge on any atom is 0.234 e. The first-order valence-corrected chi connectivity index (χ1v) is 11.0. The van der Waals surface area contributed by atoms with Crippen LogP contribution in [0.15, 0.2) is 34.9 Å². The summed E-state index contributed by atoms with van der Waals surface area (Å²) in [6.45, 7) is 9.14. The van der Waals surface area contributed by atoms with Gasteiger partial charge in [-0.15, -0.1) is 0 Å². The van der Waals surface area contributed by atoms with Crippen LogP contribution in [0.5, 0.6) is 0 Å². The summed E-state index contributed by atoms with van der Waals surface area (Å²) in [4.78, 5) is 12.7. The van der Waals surface area contributed by atoms with Crippen LogP contribution in [0.25, 0.3) is 11.3 Å². The summed E-state index contributed by atoms with van der Waals surface area (Å²) in [6.07, 6.45) is 0.704. The number of nitrogen functional groups attached to an aromatic ring is 1. The Kier molecular flexibility index (Phi) is 7.06. The van der Waals surface area contributed by atoms with Gasteiger partial charge in [-0.3, -0.25) is 10.1 Å². The van der Waals surface area contributed by atoms with Crippen molar-refractivity contribution in [1.82, 2.24) is 14.9 Å². The van der Waals surface area contributed by atoms with Crippen LogP contribution < -0.4 is 11.1 Å². The summed E-state index contributed by atoms with van der Waals surface area (Å²) < 4.78 is 33.3. The Morgan fingerprint density at radius 3 is 2.46 bits per heavy atom. The molecule has 2 heterocycles. The quantitative estimate of drug-likeness (QED) is 0.475. The van der Waals surface area contributed by atoms with E-state index in [1.54, 1.807) is 37.3 Å². The molecule has 0 spiro atoms. The smallest absolute Gasteiger partial charge is 0.234 e. The lowest BCUT2D eigenvalue weighted by atomic mass is 9.91. The number of carbonyl (C=O) groups is 1. The predicted molar refractivity (Wildman–Crippen MR) is 129 cm³/mol. The van der Waals surface area contributed by atoms with Crippen LogP contribution in [0, 0.1) is 16.7 Å². The van der Waals surface area contributed by atoms with Crippen LogP contribution >= 0.6 is 0 Å². The second kappa shape index (κ2) is 9.52. The number of hydrogen-bond donors (Lipinski definition) is 2. The molecule has 0 aliphatic carbocycles. The largest absolute Gasteiger partial charge is 0.383 e. The number of rotatable bonds is 7. The molecule has 35 heavy (non-hydrogen) atoms. The van der Waals surface area contributed by atoms with Crippen molar-refractivity contribution in [3.63, 3.8) is 0 Å². The maximum atomic E-state index is 13.6. The first-order chi connectivity index (χ1) is 16.2. The number of alkyl halides is 2. The van der Waals surface area contributed by atoms with Gasteiger partial charge in [-0.2, -0.15) is 10.4 Å². The monoisotopic (exact) mass is 480 g/mol. The number of benzene rings is 1. The highest BCUT2D eigenvalue weighted by Crippen LogP contribution is 2.33. The number of nitrogens with one attached hydrogen (secondary N) is 1. The Morgan fingerprint density at radius 1 is 1.29 bits per heavy atom. The summed E-state index contributed by atoms with van der Waals surface area (Å²) in [7, 11) is 4.90. The number of hydrogen-bond acceptors (Lipinski definition) is 6. The second-order valence-corrected chi connectivity index (χ2v) is 9.77. The van der Waals surface area contributed by atoms with Crippen molar-refractivity contribution in [3.05, 3.63) is 47.2 Å². The van der Waals surface area contributed by atoms with Crippen LogP contribution in [0.4, 0.5) is 20.5 Å². The van der Waals surface area contributed by atoms with Crippen LogP contribution in [-0.2, 0) is 11.2 Å².